The molecule has 0 amide bonds. The summed E-state index contributed by atoms with van der Waals surface area (Å²) < 4.78 is 1.22. The first-order valence-corrected chi connectivity index (χ1v) is 8.45. The highest BCUT2D eigenvalue weighted by atomic mass is 32.2. The summed E-state index contributed by atoms with van der Waals surface area (Å²) in [5.41, 5.74) is 0.939. The Kier molecular flexibility index (Phi) is 3.71. The van der Waals surface area contributed by atoms with E-state index in [1.54, 1.807) is 11.3 Å². The van der Waals surface area contributed by atoms with Crippen LogP contribution in [0.4, 0.5) is 0 Å². The first-order chi connectivity index (χ1) is 8.84. The van der Waals surface area contributed by atoms with Crippen molar-refractivity contribution in [3.63, 3.8) is 0 Å². The number of Topliss-reactive ketones (excluding diaryl/α,β-unsaturated/α-hetero) is 1. The van der Waals surface area contributed by atoms with E-state index < -0.39 is 0 Å². The lowest BCUT2D eigenvalue weighted by atomic mass is 9.93. The molecular formula is C15H16OS2. The van der Waals surface area contributed by atoms with Gasteiger partial charge in [-0.3, -0.25) is 4.79 Å². The summed E-state index contributed by atoms with van der Waals surface area (Å²) >= 11 is 3.70. The molecule has 1 aliphatic heterocycles. The first kappa shape index (κ1) is 12.2. The summed E-state index contributed by atoms with van der Waals surface area (Å²) in [6.07, 6.45) is 3.15. The minimum Gasteiger partial charge on any atom is -0.294 e. The molecule has 1 aromatic heterocycles. The van der Waals surface area contributed by atoms with Gasteiger partial charge in [-0.05, 0) is 36.3 Å². The molecule has 94 valence electrons. The Morgan fingerprint density at radius 3 is 2.83 bits per heavy atom. The summed E-state index contributed by atoms with van der Waals surface area (Å²) in [6.45, 7) is 0. The number of thiophene rings is 1. The van der Waals surface area contributed by atoms with Crippen molar-refractivity contribution in [3.05, 3.63) is 35.2 Å². The highest BCUT2D eigenvalue weighted by Gasteiger charge is 2.19. The monoisotopic (exact) mass is 276 g/mol. The van der Waals surface area contributed by atoms with Crippen molar-refractivity contribution in [1.82, 2.24) is 0 Å². The van der Waals surface area contributed by atoms with Gasteiger partial charge in [0.25, 0.3) is 0 Å². The molecule has 1 nitrogen and oxygen atoms in total. The highest BCUT2D eigenvalue weighted by Crippen LogP contribution is 2.30. The fraction of sp³-hybridized carbons (Fsp3) is 0.400. The van der Waals surface area contributed by atoms with Gasteiger partial charge >= 0.3 is 0 Å². The summed E-state index contributed by atoms with van der Waals surface area (Å²) in [6, 6.07) is 8.21. The number of hydrogen-bond donors (Lipinski definition) is 0. The van der Waals surface area contributed by atoms with Crippen LogP contribution in [0.1, 0.15) is 29.6 Å². The Hall–Kier alpha value is -0.800. The molecule has 0 bridgehead atoms. The average molecular weight is 276 g/mol. The van der Waals surface area contributed by atoms with Crippen LogP contribution in [0, 0.1) is 5.92 Å². The number of carbonyl (C=O) groups is 1. The van der Waals surface area contributed by atoms with Crippen LogP contribution < -0.4 is 0 Å². The molecule has 0 radical (unpaired) electrons. The van der Waals surface area contributed by atoms with E-state index in [-0.39, 0.29) is 0 Å². The molecule has 1 saturated heterocycles. The van der Waals surface area contributed by atoms with E-state index in [2.05, 4.69) is 12.1 Å². The van der Waals surface area contributed by atoms with Crippen LogP contribution in [-0.2, 0) is 0 Å². The number of thioether (sulfide) groups is 1. The number of carbonyl (C=O) groups excluding carboxylic acids is 1. The van der Waals surface area contributed by atoms with Crippen molar-refractivity contribution in [2.45, 2.75) is 19.3 Å². The molecule has 1 aliphatic rings. The number of fused-ring (bicyclic) bond motifs is 1. The van der Waals surface area contributed by atoms with Crippen molar-refractivity contribution in [3.8, 4) is 0 Å². The number of ketones is 1. The molecule has 3 heteroatoms. The molecule has 0 atom stereocenters. The zero-order valence-corrected chi connectivity index (χ0v) is 11.9. The van der Waals surface area contributed by atoms with Crippen LogP contribution in [-0.4, -0.2) is 17.3 Å². The number of rotatable bonds is 3. The van der Waals surface area contributed by atoms with Crippen LogP contribution in [0.5, 0.6) is 0 Å². The number of hydrogen-bond acceptors (Lipinski definition) is 3. The normalized spacial score (nSPS) is 17.1. The van der Waals surface area contributed by atoms with E-state index in [0.717, 1.165) is 17.4 Å². The van der Waals surface area contributed by atoms with Gasteiger partial charge in [0.15, 0.2) is 5.78 Å². The molecule has 3 rings (SSSR count). The highest BCUT2D eigenvalue weighted by molar-refractivity contribution is 7.99. The lowest BCUT2D eigenvalue weighted by Crippen LogP contribution is -2.14. The molecule has 1 aromatic carbocycles. The fourth-order valence-electron chi connectivity index (χ4n) is 2.52. The summed E-state index contributed by atoms with van der Waals surface area (Å²) in [5.74, 6) is 3.40. The van der Waals surface area contributed by atoms with Gasteiger partial charge in [0.05, 0.1) is 0 Å². The molecule has 2 aromatic rings. The van der Waals surface area contributed by atoms with Crippen molar-refractivity contribution >= 4 is 39.0 Å². The Balaban J connectivity index is 1.79. The molecule has 0 unspecified atom stereocenters. The lowest BCUT2D eigenvalue weighted by Gasteiger charge is -2.20. The molecule has 18 heavy (non-hydrogen) atoms. The SMILES string of the molecule is O=C(CC1CCSCC1)c1csc2ccccc12. The van der Waals surface area contributed by atoms with E-state index in [0.29, 0.717) is 11.7 Å². The van der Waals surface area contributed by atoms with E-state index in [1.807, 2.05) is 29.3 Å². The molecule has 1 fully saturated rings. The standard InChI is InChI=1S/C15H16OS2/c16-14(9-11-5-7-17-8-6-11)13-10-18-15-4-2-1-3-12(13)15/h1-4,10-11H,5-9H2. The third-order valence-corrected chi connectivity index (χ3v) is 5.61. The topological polar surface area (TPSA) is 17.1 Å². The second-order valence-electron chi connectivity index (χ2n) is 4.83. The molecule has 0 aliphatic carbocycles. The van der Waals surface area contributed by atoms with Gasteiger partial charge in [0.1, 0.15) is 0 Å². The Morgan fingerprint density at radius 2 is 2.00 bits per heavy atom. The van der Waals surface area contributed by atoms with E-state index in [1.165, 1.54) is 29.0 Å². The third kappa shape index (κ3) is 2.47. The summed E-state index contributed by atoms with van der Waals surface area (Å²) in [4.78, 5) is 12.4. The van der Waals surface area contributed by atoms with Crippen molar-refractivity contribution < 1.29 is 4.79 Å². The maximum absolute atomic E-state index is 12.4. The summed E-state index contributed by atoms with van der Waals surface area (Å²) in [7, 11) is 0. The Labute approximate surface area is 116 Å². The minimum atomic E-state index is 0.337. The van der Waals surface area contributed by atoms with Crippen LogP contribution in [0.2, 0.25) is 0 Å². The smallest absolute Gasteiger partial charge is 0.164 e. The predicted octanol–water partition coefficient (Wildman–Crippen LogP) is 4.62. The summed E-state index contributed by atoms with van der Waals surface area (Å²) in [5, 5.41) is 3.17. The maximum atomic E-state index is 12.4. The Morgan fingerprint density at radius 1 is 1.22 bits per heavy atom. The van der Waals surface area contributed by atoms with Gasteiger partial charge in [-0.2, -0.15) is 11.8 Å². The van der Waals surface area contributed by atoms with Crippen LogP contribution >= 0.6 is 23.1 Å². The van der Waals surface area contributed by atoms with Gasteiger partial charge in [0, 0.05) is 27.5 Å². The molecule has 2 heterocycles. The van der Waals surface area contributed by atoms with Crippen molar-refractivity contribution in [2.24, 2.45) is 5.92 Å². The zero-order chi connectivity index (χ0) is 12.4. The number of benzene rings is 1. The van der Waals surface area contributed by atoms with E-state index in [9.17, 15) is 4.79 Å². The average Bonchev–Trinajstić information content (AvgIpc) is 2.84. The lowest BCUT2D eigenvalue weighted by molar-refractivity contribution is 0.0960. The molecular weight excluding hydrogens is 260 g/mol. The third-order valence-electron chi connectivity index (χ3n) is 3.60. The van der Waals surface area contributed by atoms with E-state index >= 15 is 0 Å². The van der Waals surface area contributed by atoms with Gasteiger partial charge in [-0.1, -0.05) is 18.2 Å². The quantitative estimate of drug-likeness (QED) is 0.761. The molecule has 0 spiro atoms. The maximum Gasteiger partial charge on any atom is 0.164 e. The second kappa shape index (κ2) is 5.45. The van der Waals surface area contributed by atoms with Gasteiger partial charge < -0.3 is 0 Å². The minimum absolute atomic E-state index is 0.337. The van der Waals surface area contributed by atoms with E-state index in [4.69, 9.17) is 0 Å². The Bertz CT molecular complexity index is 552. The predicted molar refractivity (Wildman–Crippen MR) is 80.8 cm³/mol. The molecule has 0 saturated carbocycles. The van der Waals surface area contributed by atoms with Crippen molar-refractivity contribution in [2.75, 3.05) is 11.5 Å². The first-order valence-electron chi connectivity index (χ1n) is 6.42. The van der Waals surface area contributed by atoms with Crippen LogP contribution in [0.25, 0.3) is 10.1 Å². The van der Waals surface area contributed by atoms with Gasteiger partial charge in [0.2, 0.25) is 0 Å². The fourth-order valence-corrected chi connectivity index (χ4v) is 4.69. The largest absolute Gasteiger partial charge is 0.294 e. The second-order valence-corrected chi connectivity index (χ2v) is 6.96. The van der Waals surface area contributed by atoms with Crippen LogP contribution in [0.3, 0.4) is 0 Å². The zero-order valence-electron chi connectivity index (χ0n) is 10.2. The van der Waals surface area contributed by atoms with Gasteiger partial charge in [-0.25, -0.2) is 0 Å². The van der Waals surface area contributed by atoms with Crippen molar-refractivity contribution in [1.29, 1.82) is 0 Å². The van der Waals surface area contributed by atoms with Gasteiger partial charge in [-0.15, -0.1) is 11.3 Å². The molecule has 0 N–H and O–H groups in total. The van der Waals surface area contributed by atoms with Crippen LogP contribution in [0.15, 0.2) is 29.6 Å².